The molecule has 0 radical (unpaired) electrons. The highest BCUT2D eigenvalue weighted by atomic mass is 16.6. The van der Waals surface area contributed by atoms with Gasteiger partial charge in [0.15, 0.2) is 6.10 Å². The third-order valence-electron chi connectivity index (χ3n) is 9.97. The van der Waals surface area contributed by atoms with Crippen LogP contribution in [-0.2, 0) is 28.6 Å². The molecular weight excluding hydrogens is 636 g/mol. The molecule has 6 heteroatoms. The topological polar surface area (TPSA) is 78.9 Å². The van der Waals surface area contributed by atoms with Gasteiger partial charge < -0.3 is 14.2 Å². The number of hydrogen-bond donors (Lipinski definition) is 0. The lowest BCUT2D eigenvalue weighted by atomic mass is 10.0. The molecule has 0 saturated carbocycles. The Bertz CT molecular complexity index is 779. The van der Waals surface area contributed by atoms with E-state index >= 15 is 0 Å². The first-order chi connectivity index (χ1) is 24.7. The van der Waals surface area contributed by atoms with E-state index in [0.717, 1.165) is 69.6 Å². The van der Waals surface area contributed by atoms with Crippen LogP contribution in [0.25, 0.3) is 0 Å². The summed E-state index contributed by atoms with van der Waals surface area (Å²) in [5.74, 6) is 0.723. The molecule has 0 aromatic rings. The molecule has 0 aromatic heterocycles. The van der Waals surface area contributed by atoms with E-state index in [4.69, 9.17) is 14.2 Å². The predicted molar refractivity (Wildman–Crippen MR) is 215 cm³/mol. The second-order valence-corrected chi connectivity index (χ2v) is 16.3. The third kappa shape index (κ3) is 39.5. The molecule has 51 heavy (non-hydrogen) atoms. The maximum absolute atomic E-state index is 12.7. The first-order valence-electron chi connectivity index (χ1n) is 22.2. The SMILES string of the molecule is CCCCCCCCCCCCCC(=O)OC[C@@H](COC(=O)CCCCCCCCCCCC(C)C)OC(=O)CCCCCCCCCC(C)C. The van der Waals surface area contributed by atoms with E-state index in [-0.39, 0.29) is 31.1 Å². The molecule has 0 aromatic carbocycles. The number of hydrogen-bond acceptors (Lipinski definition) is 6. The second kappa shape index (κ2) is 38.1. The molecule has 1 atom stereocenters. The zero-order valence-corrected chi connectivity index (χ0v) is 34.7. The van der Waals surface area contributed by atoms with Crippen LogP contribution in [0.4, 0.5) is 0 Å². The van der Waals surface area contributed by atoms with E-state index in [1.807, 2.05) is 0 Å². The van der Waals surface area contributed by atoms with Crippen molar-refractivity contribution >= 4 is 17.9 Å². The van der Waals surface area contributed by atoms with E-state index in [1.54, 1.807) is 0 Å². The van der Waals surface area contributed by atoms with Crippen molar-refractivity contribution in [2.24, 2.45) is 11.8 Å². The summed E-state index contributed by atoms with van der Waals surface area (Å²) < 4.78 is 16.7. The van der Waals surface area contributed by atoms with Crippen LogP contribution in [-0.4, -0.2) is 37.2 Å². The zero-order valence-electron chi connectivity index (χ0n) is 34.7. The van der Waals surface area contributed by atoms with Gasteiger partial charge in [0, 0.05) is 19.3 Å². The van der Waals surface area contributed by atoms with Gasteiger partial charge in [0.05, 0.1) is 0 Å². The van der Waals surface area contributed by atoms with Crippen molar-refractivity contribution in [1.29, 1.82) is 0 Å². The van der Waals surface area contributed by atoms with Gasteiger partial charge in [-0.3, -0.25) is 14.4 Å². The highest BCUT2D eigenvalue weighted by Gasteiger charge is 2.19. The molecule has 0 bridgehead atoms. The van der Waals surface area contributed by atoms with Crippen LogP contribution in [0, 0.1) is 11.8 Å². The molecule has 0 saturated heterocycles. The molecule has 302 valence electrons. The first-order valence-corrected chi connectivity index (χ1v) is 22.2. The van der Waals surface area contributed by atoms with Gasteiger partial charge in [0.25, 0.3) is 0 Å². The fourth-order valence-corrected chi connectivity index (χ4v) is 6.58. The highest BCUT2D eigenvalue weighted by molar-refractivity contribution is 5.71. The average Bonchev–Trinajstić information content (AvgIpc) is 3.09. The fourth-order valence-electron chi connectivity index (χ4n) is 6.58. The lowest BCUT2D eigenvalue weighted by Crippen LogP contribution is -2.30. The minimum atomic E-state index is -0.760. The van der Waals surface area contributed by atoms with E-state index in [2.05, 4.69) is 34.6 Å². The van der Waals surface area contributed by atoms with Crippen LogP contribution in [0.3, 0.4) is 0 Å². The van der Waals surface area contributed by atoms with Crippen molar-refractivity contribution in [2.45, 2.75) is 246 Å². The summed E-state index contributed by atoms with van der Waals surface area (Å²) in [6, 6.07) is 0. The summed E-state index contributed by atoms with van der Waals surface area (Å²) in [6.07, 6.45) is 35.2. The van der Waals surface area contributed by atoms with Gasteiger partial charge in [-0.1, -0.05) is 202 Å². The second-order valence-electron chi connectivity index (χ2n) is 16.3. The highest BCUT2D eigenvalue weighted by Crippen LogP contribution is 2.16. The molecule has 0 aliphatic carbocycles. The van der Waals surface area contributed by atoms with Crippen LogP contribution in [0.1, 0.15) is 240 Å². The third-order valence-corrected chi connectivity index (χ3v) is 9.97. The lowest BCUT2D eigenvalue weighted by Gasteiger charge is -2.18. The number of unbranched alkanes of at least 4 members (excludes halogenated alkanes) is 24. The van der Waals surface area contributed by atoms with E-state index in [0.29, 0.717) is 19.3 Å². The Kier molecular flexibility index (Phi) is 37.0. The van der Waals surface area contributed by atoms with Gasteiger partial charge >= 0.3 is 17.9 Å². The molecular formula is C45H86O6. The normalized spacial score (nSPS) is 12.1. The fraction of sp³-hybridized carbons (Fsp3) is 0.933. The smallest absolute Gasteiger partial charge is 0.306 e. The van der Waals surface area contributed by atoms with Crippen molar-refractivity contribution in [2.75, 3.05) is 13.2 Å². The lowest BCUT2D eigenvalue weighted by molar-refractivity contribution is -0.167. The Morgan fingerprint density at radius 1 is 0.373 bits per heavy atom. The van der Waals surface area contributed by atoms with E-state index in [1.165, 1.54) is 128 Å². The van der Waals surface area contributed by atoms with E-state index in [9.17, 15) is 14.4 Å². The van der Waals surface area contributed by atoms with Crippen LogP contribution >= 0.6 is 0 Å². The Labute approximate surface area is 317 Å². The van der Waals surface area contributed by atoms with Gasteiger partial charge in [0.2, 0.25) is 0 Å². The average molecular weight is 723 g/mol. The quantitative estimate of drug-likeness (QED) is 0.0357. The van der Waals surface area contributed by atoms with Gasteiger partial charge in [0.1, 0.15) is 13.2 Å². The molecule has 0 spiro atoms. The summed E-state index contributed by atoms with van der Waals surface area (Å²) in [4.78, 5) is 37.6. The van der Waals surface area contributed by atoms with Gasteiger partial charge in [-0.05, 0) is 31.1 Å². The number of carbonyl (C=O) groups is 3. The molecule has 0 aliphatic heterocycles. The van der Waals surface area contributed by atoms with Gasteiger partial charge in [-0.25, -0.2) is 0 Å². The summed E-state index contributed by atoms with van der Waals surface area (Å²) in [6.45, 7) is 11.3. The Balaban J connectivity index is 4.34. The van der Waals surface area contributed by atoms with Crippen LogP contribution < -0.4 is 0 Å². The molecule has 0 heterocycles. The van der Waals surface area contributed by atoms with Crippen molar-refractivity contribution in [3.05, 3.63) is 0 Å². The summed E-state index contributed by atoms with van der Waals surface area (Å²) in [5.41, 5.74) is 0. The number of esters is 3. The van der Waals surface area contributed by atoms with Gasteiger partial charge in [-0.2, -0.15) is 0 Å². The molecule has 0 rings (SSSR count). The minimum Gasteiger partial charge on any atom is -0.462 e. The maximum Gasteiger partial charge on any atom is 0.306 e. The van der Waals surface area contributed by atoms with Crippen LogP contribution in [0.2, 0.25) is 0 Å². The largest absolute Gasteiger partial charge is 0.462 e. The zero-order chi connectivity index (χ0) is 37.6. The van der Waals surface area contributed by atoms with E-state index < -0.39 is 6.10 Å². The van der Waals surface area contributed by atoms with Gasteiger partial charge in [-0.15, -0.1) is 0 Å². The first kappa shape index (κ1) is 49.4. The van der Waals surface area contributed by atoms with Crippen LogP contribution in [0.5, 0.6) is 0 Å². The molecule has 0 aliphatic rings. The number of rotatable bonds is 39. The maximum atomic E-state index is 12.7. The monoisotopic (exact) mass is 723 g/mol. The summed E-state index contributed by atoms with van der Waals surface area (Å²) in [5, 5.41) is 0. The van der Waals surface area contributed by atoms with Crippen molar-refractivity contribution in [3.63, 3.8) is 0 Å². The van der Waals surface area contributed by atoms with Crippen molar-refractivity contribution in [1.82, 2.24) is 0 Å². The molecule has 0 fully saturated rings. The molecule has 0 amide bonds. The summed E-state index contributed by atoms with van der Waals surface area (Å²) >= 11 is 0. The summed E-state index contributed by atoms with van der Waals surface area (Å²) in [7, 11) is 0. The Morgan fingerprint density at radius 3 is 0.961 bits per heavy atom. The minimum absolute atomic E-state index is 0.0657. The van der Waals surface area contributed by atoms with Crippen LogP contribution in [0.15, 0.2) is 0 Å². The molecule has 0 N–H and O–H groups in total. The number of ether oxygens (including phenoxy) is 3. The van der Waals surface area contributed by atoms with Crippen molar-refractivity contribution in [3.8, 4) is 0 Å². The Morgan fingerprint density at radius 2 is 0.647 bits per heavy atom. The number of carbonyl (C=O) groups excluding carboxylic acids is 3. The Hall–Kier alpha value is -1.59. The predicted octanol–water partition coefficient (Wildman–Crippen LogP) is 13.8. The molecule has 6 nitrogen and oxygen atoms in total. The van der Waals surface area contributed by atoms with Crippen molar-refractivity contribution < 1.29 is 28.6 Å². The molecule has 0 unspecified atom stereocenters. The standard InChI is InChI=1S/C45H86O6/c1-6-7-8-9-10-11-12-15-20-25-30-35-43(46)49-38-42(51-45(48)37-32-27-22-17-19-24-29-34-41(4)5)39-50-44(47)36-31-26-21-16-13-14-18-23-28-33-40(2)3/h40-42H,6-39H2,1-5H3/t42-/m0/s1.